The van der Waals surface area contributed by atoms with E-state index in [1.54, 1.807) is 14.0 Å². The number of benzene rings is 1. The van der Waals surface area contributed by atoms with Crippen LogP contribution in [0.3, 0.4) is 0 Å². The normalized spacial score (nSPS) is 15.0. The summed E-state index contributed by atoms with van der Waals surface area (Å²) < 4.78 is 12.6. The van der Waals surface area contributed by atoms with Crippen molar-refractivity contribution in [3.63, 3.8) is 0 Å². The highest BCUT2D eigenvalue weighted by Crippen LogP contribution is 2.21. The van der Waals surface area contributed by atoms with Crippen molar-refractivity contribution in [1.82, 2.24) is 24.5 Å². The third kappa shape index (κ3) is 4.75. The van der Waals surface area contributed by atoms with Gasteiger partial charge in [0.2, 0.25) is 5.89 Å². The Morgan fingerprint density at radius 1 is 1.24 bits per heavy atom. The van der Waals surface area contributed by atoms with Gasteiger partial charge in [0.05, 0.1) is 19.8 Å². The molecule has 1 N–H and O–H groups in total. The van der Waals surface area contributed by atoms with E-state index in [0.717, 1.165) is 56.0 Å². The second-order valence-electron chi connectivity index (χ2n) is 7.25. The van der Waals surface area contributed by atoms with Crippen molar-refractivity contribution in [3.05, 3.63) is 42.2 Å². The lowest BCUT2D eigenvalue weighted by molar-refractivity contribution is 0.0365. The summed E-state index contributed by atoms with van der Waals surface area (Å²) in [5, 5.41) is 7.84. The van der Waals surface area contributed by atoms with Gasteiger partial charge < -0.3 is 24.0 Å². The van der Waals surface area contributed by atoms with Crippen molar-refractivity contribution in [2.24, 2.45) is 0 Å². The number of fused-ring (bicyclic) bond motifs is 1. The SMILES string of the molecule is Cc1nc(CN(C)C(=O)Nc2ccc3c(ccn3CCN3CCOCC3)c2)no1. The lowest BCUT2D eigenvalue weighted by Gasteiger charge is -2.26. The Labute approximate surface area is 169 Å². The highest BCUT2D eigenvalue weighted by molar-refractivity contribution is 5.92. The molecule has 1 aromatic carbocycles. The molecule has 0 spiro atoms. The molecule has 0 atom stereocenters. The van der Waals surface area contributed by atoms with Gasteiger partial charge in [-0.3, -0.25) is 4.90 Å². The van der Waals surface area contributed by atoms with E-state index in [2.05, 4.69) is 37.2 Å². The molecule has 29 heavy (non-hydrogen) atoms. The number of amides is 2. The van der Waals surface area contributed by atoms with Crippen LogP contribution in [-0.2, 0) is 17.8 Å². The monoisotopic (exact) mass is 398 g/mol. The zero-order valence-electron chi connectivity index (χ0n) is 16.8. The third-order valence-corrected chi connectivity index (χ3v) is 5.08. The van der Waals surface area contributed by atoms with E-state index < -0.39 is 0 Å². The van der Waals surface area contributed by atoms with Crippen LogP contribution in [0.2, 0.25) is 0 Å². The van der Waals surface area contributed by atoms with Crippen LogP contribution in [0.4, 0.5) is 10.5 Å². The fraction of sp³-hybridized carbons (Fsp3) is 0.450. The molecule has 0 saturated carbocycles. The van der Waals surface area contributed by atoms with Gasteiger partial charge in [-0.1, -0.05) is 5.16 Å². The van der Waals surface area contributed by atoms with Gasteiger partial charge in [0.25, 0.3) is 0 Å². The summed E-state index contributed by atoms with van der Waals surface area (Å²) in [5.74, 6) is 0.963. The van der Waals surface area contributed by atoms with Crippen molar-refractivity contribution in [2.75, 3.05) is 45.2 Å². The molecule has 1 aliphatic rings. The number of carbonyl (C=O) groups is 1. The molecule has 3 heterocycles. The van der Waals surface area contributed by atoms with Crippen LogP contribution in [0.25, 0.3) is 10.9 Å². The number of ether oxygens (including phenoxy) is 1. The second kappa shape index (κ2) is 8.62. The van der Waals surface area contributed by atoms with E-state index in [1.807, 2.05) is 18.2 Å². The van der Waals surface area contributed by atoms with Crippen LogP contribution < -0.4 is 5.32 Å². The van der Waals surface area contributed by atoms with Gasteiger partial charge in [-0.05, 0) is 24.3 Å². The molecule has 0 bridgehead atoms. The summed E-state index contributed by atoms with van der Waals surface area (Å²) in [7, 11) is 1.70. The first-order valence-electron chi connectivity index (χ1n) is 9.79. The predicted molar refractivity (Wildman–Crippen MR) is 109 cm³/mol. The zero-order chi connectivity index (χ0) is 20.2. The zero-order valence-corrected chi connectivity index (χ0v) is 16.8. The maximum atomic E-state index is 12.5. The van der Waals surface area contributed by atoms with Crippen molar-refractivity contribution < 1.29 is 14.1 Å². The van der Waals surface area contributed by atoms with E-state index in [9.17, 15) is 4.79 Å². The van der Waals surface area contributed by atoms with Gasteiger partial charge in [-0.15, -0.1) is 0 Å². The van der Waals surface area contributed by atoms with Crippen molar-refractivity contribution in [3.8, 4) is 0 Å². The molecule has 0 radical (unpaired) electrons. The Morgan fingerprint density at radius 3 is 2.83 bits per heavy atom. The Hall–Kier alpha value is -2.91. The molecule has 4 rings (SSSR count). The Bertz CT molecular complexity index is 976. The number of hydrogen-bond donors (Lipinski definition) is 1. The maximum Gasteiger partial charge on any atom is 0.321 e. The first-order chi connectivity index (χ1) is 14.1. The van der Waals surface area contributed by atoms with Crippen LogP contribution in [0.15, 0.2) is 35.0 Å². The summed E-state index contributed by atoms with van der Waals surface area (Å²) in [5.41, 5.74) is 1.91. The van der Waals surface area contributed by atoms with Crippen LogP contribution in [0.1, 0.15) is 11.7 Å². The van der Waals surface area contributed by atoms with E-state index in [1.165, 1.54) is 4.90 Å². The lowest BCUT2D eigenvalue weighted by atomic mass is 10.2. The molecule has 2 aromatic heterocycles. The van der Waals surface area contributed by atoms with Gasteiger partial charge in [-0.2, -0.15) is 4.98 Å². The number of rotatable bonds is 6. The largest absolute Gasteiger partial charge is 0.379 e. The average molecular weight is 398 g/mol. The molecule has 9 heteroatoms. The molecule has 1 saturated heterocycles. The van der Waals surface area contributed by atoms with Crippen LogP contribution in [0.5, 0.6) is 0 Å². The molecule has 3 aromatic rings. The smallest absolute Gasteiger partial charge is 0.321 e. The number of anilines is 1. The van der Waals surface area contributed by atoms with Gasteiger partial charge >= 0.3 is 6.03 Å². The molecule has 0 unspecified atom stereocenters. The molecule has 154 valence electrons. The van der Waals surface area contributed by atoms with E-state index in [-0.39, 0.29) is 12.6 Å². The second-order valence-corrected chi connectivity index (χ2v) is 7.25. The van der Waals surface area contributed by atoms with E-state index in [4.69, 9.17) is 9.26 Å². The summed E-state index contributed by atoms with van der Waals surface area (Å²) in [6.07, 6.45) is 2.10. The summed E-state index contributed by atoms with van der Waals surface area (Å²) >= 11 is 0. The van der Waals surface area contributed by atoms with Crippen LogP contribution >= 0.6 is 0 Å². The number of hydrogen-bond acceptors (Lipinski definition) is 6. The number of carbonyl (C=O) groups excluding carboxylic acids is 1. The summed E-state index contributed by atoms with van der Waals surface area (Å²) in [6, 6.07) is 7.82. The first kappa shape index (κ1) is 19.4. The number of aryl methyl sites for hydroxylation is 1. The highest BCUT2D eigenvalue weighted by Gasteiger charge is 2.14. The number of nitrogens with zero attached hydrogens (tertiary/aromatic N) is 5. The standard InChI is InChI=1S/C20H26N6O3/c1-15-21-19(23-29-15)14-24(2)20(27)22-17-3-4-18-16(13-17)5-6-26(18)8-7-25-9-11-28-12-10-25/h3-6,13H,7-12,14H2,1-2H3,(H,22,27). The number of morpholine rings is 1. The molecule has 9 nitrogen and oxygen atoms in total. The van der Waals surface area contributed by atoms with Gasteiger partial charge in [0, 0.05) is 62.9 Å². The molecule has 1 aliphatic heterocycles. The van der Waals surface area contributed by atoms with E-state index in [0.29, 0.717) is 11.7 Å². The maximum absolute atomic E-state index is 12.5. The van der Waals surface area contributed by atoms with Crippen LogP contribution in [-0.4, -0.2) is 70.4 Å². The molecule has 0 aliphatic carbocycles. The fourth-order valence-corrected chi connectivity index (χ4v) is 3.46. The summed E-state index contributed by atoms with van der Waals surface area (Å²) in [4.78, 5) is 20.5. The van der Waals surface area contributed by atoms with Crippen molar-refractivity contribution >= 4 is 22.6 Å². The fourth-order valence-electron chi connectivity index (χ4n) is 3.46. The highest BCUT2D eigenvalue weighted by atomic mass is 16.5. The van der Waals surface area contributed by atoms with Gasteiger partial charge in [-0.25, -0.2) is 4.79 Å². The number of nitrogens with one attached hydrogen (secondary N) is 1. The molecule has 2 amide bonds. The topological polar surface area (TPSA) is 88.7 Å². The van der Waals surface area contributed by atoms with Gasteiger partial charge in [0.15, 0.2) is 5.82 Å². The molecular weight excluding hydrogens is 372 g/mol. The lowest BCUT2D eigenvalue weighted by Crippen LogP contribution is -2.38. The minimum atomic E-state index is -0.224. The Morgan fingerprint density at radius 2 is 2.07 bits per heavy atom. The minimum Gasteiger partial charge on any atom is -0.379 e. The average Bonchev–Trinajstić information content (AvgIpc) is 3.32. The Kier molecular flexibility index (Phi) is 5.77. The van der Waals surface area contributed by atoms with Gasteiger partial charge in [0.1, 0.15) is 0 Å². The predicted octanol–water partition coefficient (Wildman–Crippen LogP) is 2.33. The number of urea groups is 1. The third-order valence-electron chi connectivity index (χ3n) is 5.08. The minimum absolute atomic E-state index is 0.224. The van der Waals surface area contributed by atoms with E-state index >= 15 is 0 Å². The quantitative estimate of drug-likeness (QED) is 0.686. The van der Waals surface area contributed by atoms with Crippen molar-refractivity contribution in [1.29, 1.82) is 0 Å². The number of aromatic nitrogens is 3. The van der Waals surface area contributed by atoms with Crippen molar-refractivity contribution in [2.45, 2.75) is 20.0 Å². The molecule has 1 fully saturated rings. The Balaban J connectivity index is 1.36. The summed E-state index contributed by atoms with van der Waals surface area (Å²) in [6.45, 7) is 7.56. The molecular formula is C20H26N6O3. The first-order valence-corrected chi connectivity index (χ1v) is 9.79. The van der Waals surface area contributed by atoms with Crippen LogP contribution in [0, 0.1) is 6.92 Å².